The molecule has 1 rings (SSSR count). The van der Waals surface area contributed by atoms with Crippen molar-refractivity contribution in [3.8, 4) is 0 Å². The molecule has 1 N–H and O–H groups in total. The second-order valence-corrected chi connectivity index (χ2v) is 8.78. The number of likely N-dealkylation sites (N-methyl/N-ethyl adjacent to an activating group) is 1. The number of aryl methyl sites for hydroxylation is 2. The average Bonchev–Trinajstić information content (AvgIpc) is 2.25. The molecule has 0 saturated carbocycles. The fourth-order valence-corrected chi connectivity index (χ4v) is 3.17. The molecular formula is C16H27NO2S. The second kappa shape index (κ2) is 6.27. The van der Waals surface area contributed by atoms with Crippen molar-refractivity contribution >= 4 is 9.84 Å². The largest absolute Gasteiger partial charge is 0.312 e. The van der Waals surface area contributed by atoms with Crippen LogP contribution in [-0.4, -0.2) is 32.0 Å². The van der Waals surface area contributed by atoms with Gasteiger partial charge in [-0.05, 0) is 46.2 Å². The Bertz CT molecular complexity index is 542. The van der Waals surface area contributed by atoms with Crippen LogP contribution in [-0.2, 0) is 16.3 Å². The summed E-state index contributed by atoms with van der Waals surface area (Å²) in [4.78, 5) is 0. The van der Waals surface area contributed by atoms with Gasteiger partial charge in [-0.2, -0.15) is 0 Å². The van der Waals surface area contributed by atoms with Gasteiger partial charge in [0.2, 0.25) is 0 Å². The lowest BCUT2D eigenvalue weighted by Crippen LogP contribution is -2.52. The number of benzene rings is 1. The predicted molar refractivity (Wildman–Crippen MR) is 86.0 cm³/mol. The molecule has 0 saturated heterocycles. The second-order valence-electron chi connectivity index (χ2n) is 6.19. The zero-order valence-corrected chi connectivity index (χ0v) is 14.3. The molecular weight excluding hydrogens is 270 g/mol. The van der Waals surface area contributed by atoms with Crippen molar-refractivity contribution in [2.45, 2.75) is 51.8 Å². The van der Waals surface area contributed by atoms with Crippen molar-refractivity contribution in [1.29, 1.82) is 0 Å². The predicted octanol–water partition coefficient (Wildman–Crippen LogP) is 2.65. The number of nitrogens with one attached hydrogen (secondary N) is 1. The average molecular weight is 297 g/mol. The molecule has 0 amide bonds. The molecule has 0 fully saturated rings. The highest BCUT2D eigenvalue weighted by Crippen LogP contribution is 2.24. The minimum absolute atomic E-state index is 0.0938. The van der Waals surface area contributed by atoms with E-state index in [1.165, 1.54) is 22.9 Å². The quantitative estimate of drug-likeness (QED) is 0.878. The van der Waals surface area contributed by atoms with E-state index < -0.39 is 14.6 Å². The highest BCUT2D eigenvalue weighted by molar-refractivity contribution is 7.92. The van der Waals surface area contributed by atoms with E-state index in [4.69, 9.17) is 0 Å². The maximum Gasteiger partial charge on any atom is 0.154 e. The standard InChI is InChI=1S/C16H27NO2S/c1-7-17-15(16(4,5)20(6,18)19)11-14-9-12(2)8-13(3)10-14/h8-10,15,17H,7,11H2,1-6H3. The van der Waals surface area contributed by atoms with E-state index in [9.17, 15) is 8.42 Å². The molecule has 0 aromatic heterocycles. The van der Waals surface area contributed by atoms with E-state index in [-0.39, 0.29) is 6.04 Å². The number of sulfone groups is 1. The van der Waals surface area contributed by atoms with Crippen LogP contribution in [0.2, 0.25) is 0 Å². The molecule has 1 unspecified atom stereocenters. The molecule has 0 aliphatic carbocycles. The summed E-state index contributed by atoms with van der Waals surface area (Å²) in [6.07, 6.45) is 2.04. The minimum atomic E-state index is -3.13. The van der Waals surface area contributed by atoms with Gasteiger partial charge >= 0.3 is 0 Å². The lowest BCUT2D eigenvalue weighted by molar-refractivity contribution is 0.413. The molecule has 0 heterocycles. The molecule has 0 aliphatic heterocycles. The molecule has 0 aliphatic rings. The van der Waals surface area contributed by atoms with Crippen molar-refractivity contribution in [2.24, 2.45) is 0 Å². The van der Waals surface area contributed by atoms with Crippen molar-refractivity contribution in [1.82, 2.24) is 5.32 Å². The third-order valence-corrected chi connectivity index (χ3v) is 6.16. The van der Waals surface area contributed by atoms with Gasteiger partial charge in [0.15, 0.2) is 9.84 Å². The van der Waals surface area contributed by atoms with Gasteiger partial charge < -0.3 is 5.32 Å². The Kier molecular flexibility index (Phi) is 5.39. The number of hydrogen-bond acceptors (Lipinski definition) is 3. The molecule has 1 aromatic carbocycles. The third-order valence-electron chi connectivity index (χ3n) is 3.97. The zero-order valence-electron chi connectivity index (χ0n) is 13.4. The normalized spacial score (nSPS) is 14.3. The van der Waals surface area contributed by atoms with Crippen molar-refractivity contribution in [3.05, 3.63) is 34.9 Å². The summed E-state index contributed by atoms with van der Waals surface area (Å²) in [6.45, 7) is 10.5. The first-order chi connectivity index (χ1) is 9.07. The van der Waals surface area contributed by atoms with Crippen LogP contribution >= 0.6 is 0 Å². The van der Waals surface area contributed by atoms with Gasteiger partial charge in [0.1, 0.15) is 0 Å². The zero-order chi connectivity index (χ0) is 15.6. The van der Waals surface area contributed by atoms with Crippen LogP contribution in [0.5, 0.6) is 0 Å². The third kappa shape index (κ3) is 4.06. The van der Waals surface area contributed by atoms with Crippen LogP contribution in [0, 0.1) is 13.8 Å². The fourth-order valence-electron chi connectivity index (χ4n) is 2.49. The Morgan fingerprint density at radius 3 is 2.05 bits per heavy atom. The topological polar surface area (TPSA) is 46.2 Å². The summed E-state index contributed by atoms with van der Waals surface area (Å²) >= 11 is 0. The van der Waals surface area contributed by atoms with E-state index in [1.807, 2.05) is 6.92 Å². The summed E-state index contributed by atoms with van der Waals surface area (Å²) in [5.74, 6) is 0. The van der Waals surface area contributed by atoms with E-state index in [0.29, 0.717) is 0 Å². The molecule has 0 radical (unpaired) electrons. The molecule has 3 nitrogen and oxygen atoms in total. The lowest BCUT2D eigenvalue weighted by atomic mass is 9.94. The van der Waals surface area contributed by atoms with Crippen LogP contribution in [0.3, 0.4) is 0 Å². The summed E-state index contributed by atoms with van der Waals surface area (Å²) in [6, 6.07) is 6.31. The SMILES string of the molecule is CCNC(Cc1cc(C)cc(C)c1)C(C)(C)S(C)(=O)=O. The lowest BCUT2D eigenvalue weighted by Gasteiger charge is -2.33. The summed E-state index contributed by atoms with van der Waals surface area (Å²) in [5.41, 5.74) is 3.62. The Hall–Kier alpha value is -0.870. The van der Waals surface area contributed by atoms with Crippen LogP contribution in [0.25, 0.3) is 0 Å². The van der Waals surface area contributed by atoms with Crippen molar-refractivity contribution < 1.29 is 8.42 Å². The molecule has 0 bridgehead atoms. The van der Waals surface area contributed by atoms with Crippen molar-refractivity contribution in [3.63, 3.8) is 0 Å². The van der Waals surface area contributed by atoms with Gasteiger partial charge in [0.05, 0.1) is 4.75 Å². The van der Waals surface area contributed by atoms with Crippen LogP contribution in [0.15, 0.2) is 18.2 Å². The Morgan fingerprint density at radius 1 is 1.15 bits per heavy atom. The van der Waals surface area contributed by atoms with Crippen LogP contribution in [0.4, 0.5) is 0 Å². The van der Waals surface area contributed by atoms with Crippen LogP contribution in [0.1, 0.15) is 37.5 Å². The van der Waals surface area contributed by atoms with Gasteiger partial charge in [-0.3, -0.25) is 0 Å². The first-order valence-electron chi connectivity index (χ1n) is 7.08. The van der Waals surface area contributed by atoms with Crippen molar-refractivity contribution in [2.75, 3.05) is 12.8 Å². The molecule has 20 heavy (non-hydrogen) atoms. The Morgan fingerprint density at radius 2 is 1.65 bits per heavy atom. The fraction of sp³-hybridized carbons (Fsp3) is 0.625. The van der Waals surface area contributed by atoms with E-state index in [1.54, 1.807) is 13.8 Å². The number of rotatable bonds is 6. The maximum absolute atomic E-state index is 12.1. The molecule has 1 aromatic rings. The van der Waals surface area contributed by atoms with E-state index in [0.717, 1.165) is 13.0 Å². The summed E-state index contributed by atoms with van der Waals surface area (Å²) in [7, 11) is -3.13. The van der Waals surface area contributed by atoms with Gasteiger partial charge in [-0.15, -0.1) is 0 Å². The van der Waals surface area contributed by atoms with Gasteiger partial charge in [0.25, 0.3) is 0 Å². The maximum atomic E-state index is 12.1. The number of hydrogen-bond donors (Lipinski definition) is 1. The smallest absolute Gasteiger partial charge is 0.154 e. The monoisotopic (exact) mass is 297 g/mol. The molecule has 0 spiro atoms. The van der Waals surface area contributed by atoms with Crippen LogP contribution < -0.4 is 5.32 Å². The van der Waals surface area contributed by atoms with E-state index >= 15 is 0 Å². The highest BCUT2D eigenvalue weighted by atomic mass is 32.2. The summed E-state index contributed by atoms with van der Waals surface area (Å²) < 4.78 is 23.3. The van der Waals surface area contributed by atoms with Gasteiger partial charge in [-0.1, -0.05) is 36.2 Å². The minimum Gasteiger partial charge on any atom is -0.312 e. The highest BCUT2D eigenvalue weighted by Gasteiger charge is 2.38. The summed E-state index contributed by atoms with van der Waals surface area (Å²) in [5, 5.41) is 3.34. The molecule has 1 atom stereocenters. The van der Waals surface area contributed by atoms with E-state index in [2.05, 4.69) is 37.4 Å². The molecule has 4 heteroatoms. The Labute approximate surface area is 123 Å². The first kappa shape index (κ1) is 17.2. The van der Waals surface area contributed by atoms with Gasteiger partial charge in [0, 0.05) is 12.3 Å². The molecule has 114 valence electrons. The first-order valence-corrected chi connectivity index (χ1v) is 8.97. The van der Waals surface area contributed by atoms with Gasteiger partial charge in [-0.25, -0.2) is 8.42 Å². The Balaban J connectivity index is 3.10.